The molecule has 0 aliphatic rings. The molecule has 3 rings (SSSR count). The summed E-state index contributed by atoms with van der Waals surface area (Å²) < 4.78 is 8.24. The second-order valence-electron chi connectivity index (χ2n) is 4.17. The van der Waals surface area contributed by atoms with Gasteiger partial charge in [-0.2, -0.15) is 8.75 Å². The van der Waals surface area contributed by atoms with Crippen LogP contribution in [-0.2, 0) is 5.75 Å². The molecule has 0 spiro atoms. The average Bonchev–Trinajstić information content (AvgIpc) is 2.92. The van der Waals surface area contributed by atoms with E-state index in [1.165, 1.54) is 0 Å². The largest absolute Gasteiger partial charge is 0.478 e. The van der Waals surface area contributed by atoms with Crippen LogP contribution in [0.1, 0.15) is 15.9 Å². The minimum atomic E-state index is -0.927. The lowest BCUT2D eigenvalue weighted by Crippen LogP contribution is -2.01. The van der Waals surface area contributed by atoms with Gasteiger partial charge in [0.15, 0.2) is 0 Å². The first-order chi connectivity index (χ1) is 9.74. The van der Waals surface area contributed by atoms with Crippen LogP contribution in [0.5, 0.6) is 0 Å². The molecule has 2 aromatic carbocycles. The number of aromatic nitrogens is 2. The monoisotopic (exact) mass is 302 g/mol. The van der Waals surface area contributed by atoms with E-state index in [9.17, 15) is 9.90 Å². The molecular weight excluding hydrogens is 292 g/mol. The van der Waals surface area contributed by atoms with E-state index >= 15 is 0 Å². The van der Waals surface area contributed by atoms with Gasteiger partial charge in [0.05, 0.1) is 17.3 Å². The molecule has 0 fully saturated rings. The Morgan fingerprint density at radius 2 is 1.85 bits per heavy atom. The number of thioether (sulfide) groups is 1. The first kappa shape index (κ1) is 13.1. The molecule has 0 atom stereocenters. The summed E-state index contributed by atoms with van der Waals surface area (Å²) in [6, 6.07) is 13.3. The van der Waals surface area contributed by atoms with E-state index in [2.05, 4.69) is 8.75 Å². The summed E-state index contributed by atoms with van der Waals surface area (Å²) >= 11 is 2.70. The van der Waals surface area contributed by atoms with Crippen LogP contribution in [0.3, 0.4) is 0 Å². The van der Waals surface area contributed by atoms with Gasteiger partial charge in [-0.1, -0.05) is 18.2 Å². The molecule has 0 saturated carbocycles. The van der Waals surface area contributed by atoms with Gasteiger partial charge in [-0.3, -0.25) is 0 Å². The van der Waals surface area contributed by atoms with Crippen LogP contribution < -0.4 is 0 Å². The summed E-state index contributed by atoms with van der Waals surface area (Å²) in [4.78, 5) is 12.5. The smallest absolute Gasteiger partial charge is 0.336 e. The van der Waals surface area contributed by atoms with Crippen molar-refractivity contribution in [3.05, 3.63) is 53.6 Å². The maximum absolute atomic E-state index is 11.3. The van der Waals surface area contributed by atoms with Crippen molar-refractivity contribution in [1.29, 1.82) is 0 Å². The Balaban J connectivity index is 1.92. The molecule has 6 heteroatoms. The van der Waals surface area contributed by atoms with E-state index in [1.54, 1.807) is 17.8 Å². The maximum atomic E-state index is 11.3. The lowest BCUT2D eigenvalue weighted by molar-refractivity contribution is 0.0696. The Morgan fingerprint density at radius 3 is 2.55 bits per heavy atom. The van der Waals surface area contributed by atoms with E-state index < -0.39 is 5.97 Å². The number of carboxylic acid groups (broad SMARTS) is 1. The molecule has 0 aliphatic carbocycles. The minimum absolute atomic E-state index is 0.300. The van der Waals surface area contributed by atoms with Crippen molar-refractivity contribution in [2.24, 2.45) is 0 Å². The molecule has 0 unspecified atom stereocenters. The molecule has 0 radical (unpaired) electrons. The Kier molecular flexibility index (Phi) is 3.66. The molecule has 0 amide bonds. The molecule has 4 nitrogen and oxygen atoms in total. The number of hydrogen-bond acceptors (Lipinski definition) is 5. The van der Waals surface area contributed by atoms with E-state index in [4.69, 9.17) is 0 Å². The van der Waals surface area contributed by atoms with Crippen molar-refractivity contribution >= 4 is 40.5 Å². The van der Waals surface area contributed by atoms with Crippen LogP contribution in [0, 0.1) is 0 Å². The number of hydrogen-bond donors (Lipinski definition) is 1. The molecule has 3 aromatic rings. The molecule has 20 heavy (non-hydrogen) atoms. The Hall–Kier alpha value is -1.92. The molecular formula is C14H10N2O2S2. The van der Waals surface area contributed by atoms with Gasteiger partial charge in [0, 0.05) is 10.6 Å². The topological polar surface area (TPSA) is 63.1 Å². The standard InChI is InChI=1S/C14H10N2O2S2/c17-14(18)11-7-13-12(15-20-16-13)6-9(11)8-19-10-4-2-1-3-5-10/h1-7H,8H2,(H,17,18). The van der Waals surface area contributed by atoms with E-state index in [1.807, 2.05) is 36.4 Å². The molecule has 1 N–H and O–H groups in total. The van der Waals surface area contributed by atoms with Crippen LogP contribution in [0.25, 0.3) is 11.0 Å². The number of nitrogens with zero attached hydrogens (tertiary/aromatic N) is 2. The van der Waals surface area contributed by atoms with Crippen molar-refractivity contribution in [2.45, 2.75) is 10.6 Å². The molecule has 0 aliphatic heterocycles. The Morgan fingerprint density at radius 1 is 1.15 bits per heavy atom. The normalized spacial score (nSPS) is 10.8. The summed E-state index contributed by atoms with van der Waals surface area (Å²) in [5, 5.41) is 9.31. The number of carboxylic acids is 1. The van der Waals surface area contributed by atoms with Gasteiger partial charge >= 0.3 is 5.97 Å². The number of aromatic carboxylic acids is 1. The summed E-state index contributed by atoms with van der Waals surface area (Å²) in [6.45, 7) is 0. The van der Waals surface area contributed by atoms with Crippen LogP contribution in [-0.4, -0.2) is 19.8 Å². The van der Waals surface area contributed by atoms with Crippen LogP contribution in [0.4, 0.5) is 0 Å². The zero-order valence-electron chi connectivity index (χ0n) is 10.3. The highest BCUT2D eigenvalue weighted by atomic mass is 32.2. The zero-order chi connectivity index (χ0) is 13.9. The molecule has 1 heterocycles. The van der Waals surface area contributed by atoms with Crippen LogP contribution >= 0.6 is 23.5 Å². The summed E-state index contributed by atoms with van der Waals surface area (Å²) in [6.07, 6.45) is 0. The van der Waals surface area contributed by atoms with Crippen molar-refractivity contribution in [3.8, 4) is 0 Å². The number of rotatable bonds is 4. The van der Waals surface area contributed by atoms with Gasteiger partial charge in [-0.15, -0.1) is 11.8 Å². The first-order valence-corrected chi connectivity index (χ1v) is 7.62. The Bertz CT molecular complexity index is 756. The molecule has 0 saturated heterocycles. The summed E-state index contributed by atoms with van der Waals surface area (Å²) in [5.41, 5.74) is 2.46. The third-order valence-corrected chi connectivity index (χ3v) is 4.46. The van der Waals surface area contributed by atoms with E-state index in [0.29, 0.717) is 16.8 Å². The highest BCUT2D eigenvalue weighted by Crippen LogP contribution is 2.27. The minimum Gasteiger partial charge on any atom is -0.478 e. The van der Waals surface area contributed by atoms with Gasteiger partial charge in [0.1, 0.15) is 11.0 Å². The highest BCUT2D eigenvalue weighted by molar-refractivity contribution is 7.98. The predicted molar refractivity (Wildman–Crippen MR) is 80.4 cm³/mol. The molecule has 1 aromatic heterocycles. The first-order valence-electron chi connectivity index (χ1n) is 5.90. The van der Waals surface area contributed by atoms with Crippen molar-refractivity contribution in [1.82, 2.24) is 8.75 Å². The number of fused-ring (bicyclic) bond motifs is 1. The summed E-state index contributed by atoms with van der Waals surface area (Å²) in [7, 11) is 0. The molecule has 100 valence electrons. The quantitative estimate of drug-likeness (QED) is 0.745. The van der Waals surface area contributed by atoms with Gasteiger partial charge < -0.3 is 5.11 Å². The van der Waals surface area contributed by atoms with Gasteiger partial charge in [0.25, 0.3) is 0 Å². The fraction of sp³-hybridized carbons (Fsp3) is 0.0714. The summed E-state index contributed by atoms with van der Waals surface area (Å²) in [5.74, 6) is -0.331. The molecule has 0 bridgehead atoms. The third kappa shape index (κ3) is 2.66. The lowest BCUT2D eigenvalue weighted by Gasteiger charge is -2.06. The third-order valence-electron chi connectivity index (χ3n) is 2.85. The van der Waals surface area contributed by atoms with Crippen LogP contribution in [0.15, 0.2) is 47.4 Å². The van der Waals surface area contributed by atoms with E-state index in [-0.39, 0.29) is 0 Å². The van der Waals surface area contributed by atoms with Gasteiger partial charge in [0.2, 0.25) is 0 Å². The SMILES string of the molecule is O=C(O)c1cc2nsnc2cc1CSc1ccccc1. The fourth-order valence-corrected chi connectivity index (χ4v) is 3.29. The van der Waals surface area contributed by atoms with E-state index in [0.717, 1.165) is 27.7 Å². The average molecular weight is 302 g/mol. The predicted octanol–water partition coefficient (Wildman–Crippen LogP) is 3.68. The van der Waals surface area contributed by atoms with Crippen molar-refractivity contribution in [3.63, 3.8) is 0 Å². The maximum Gasteiger partial charge on any atom is 0.336 e. The van der Waals surface area contributed by atoms with Crippen LogP contribution in [0.2, 0.25) is 0 Å². The number of benzene rings is 2. The van der Waals surface area contributed by atoms with Gasteiger partial charge in [-0.05, 0) is 29.8 Å². The Labute approximate surface area is 123 Å². The zero-order valence-corrected chi connectivity index (χ0v) is 11.9. The lowest BCUT2D eigenvalue weighted by atomic mass is 10.1. The van der Waals surface area contributed by atoms with Crippen molar-refractivity contribution < 1.29 is 9.90 Å². The second kappa shape index (κ2) is 5.60. The highest BCUT2D eigenvalue weighted by Gasteiger charge is 2.13. The second-order valence-corrected chi connectivity index (χ2v) is 5.75. The number of carbonyl (C=O) groups is 1. The van der Waals surface area contributed by atoms with Crippen molar-refractivity contribution in [2.75, 3.05) is 0 Å². The van der Waals surface area contributed by atoms with Gasteiger partial charge in [-0.25, -0.2) is 4.79 Å². The fourth-order valence-electron chi connectivity index (χ4n) is 1.87.